The van der Waals surface area contributed by atoms with Crippen molar-refractivity contribution < 1.29 is 0 Å². The first-order chi connectivity index (χ1) is 7.66. The average Bonchev–Trinajstić information content (AvgIpc) is 2.25. The van der Waals surface area contributed by atoms with Gasteiger partial charge < -0.3 is 10.3 Å². The van der Waals surface area contributed by atoms with Gasteiger partial charge in [-0.05, 0) is 25.5 Å². The molecule has 2 N–H and O–H groups in total. The summed E-state index contributed by atoms with van der Waals surface area (Å²) in [5.74, 6) is 0. The van der Waals surface area contributed by atoms with Gasteiger partial charge in [-0.25, -0.2) is 0 Å². The molecule has 0 radical (unpaired) electrons. The van der Waals surface area contributed by atoms with Gasteiger partial charge in [-0.1, -0.05) is 12.2 Å². The number of aryl methyl sites for hydroxylation is 2. The number of piperazine rings is 1. The number of nitrogens with zero attached hydrogens (tertiary/aromatic N) is 1. The van der Waals surface area contributed by atoms with Gasteiger partial charge in [-0.15, -0.1) is 0 Å². The first kappa shape index (κ1) is 11.8. The Morgan fingerprint density at radius 2 is 2.00 bits per heavy atom. The smallest absolute Gasteiger partial charge is 0.108 e. The van der Waals surface area contributed by atoms with Crippen LogP contribution >= 0.6 is 12.2 Å². The first-order valence-electron chi connectivity index (χ1n) is 5.79. The van der Waals surface area contributed by atoms with Crippen LogP contribution in [0.2, 0.25) is 0 Å². The van der Waals surface area contributed by atoms with E-state index in [9.17, 15) is 0 Å². The van der Waals surface area contributed by atoms with E-state index in [0.29, 0.717) is 0 Å². The molecule has 0 spiro atoms. The number of pyridine rings is 1. The van der Waals surface area contributed by atoms with Gasteiger partial charge in [-0.3, -0.25) is 4.90 Å². The average molecular weight is 237 g/mol. The van der Waals surface area contributed by atoms with E-state index in [4.69, 9.17) is 12.2 Å². The molecule has 16 heavy (non-hydrogen) atoms. The quantitative estimate of drug-likeness (QED) is 0.769. The third-order valence-corrected chi connectivity index (χ3v) is 3.43. The summed E-state index contributed by atoms with van der Waals surface area (Å²) in [6, 6.07) is 2.17. The second-order valence-electron chi connectivity index (χ2n) is 4.47. The lowest BCUT2D eigenvalue weighted by atomic mass is 10.1. The standard InChI is InChI=1S/C12H19N3S/c1-9-7-10(2)14-12(16)11(9)8-15-5-3-13-4-6-15/h7,13H,3-6,8H2,1-2H3,(H,14,16). The molecule has 0 bridgehead atoms. The fraction of sp³-hybridized carbons (Fsp3) is 0.583. The number of aromatic amines is 1. The predicted octanol–water partition coefficient (Wildman–Crippen LogP) is 1.77. The third-order valence-electron chi connectivity index (χ3n) is 3.09. The van der Waals surface area contributed by atoms with Crippen molar-refractivity contribution >= 4 is 12.2 Å². The monoisotopic (exact) mass is 237 g/mol. The highest BCUT2D eigenvalue weighted by molar-refractivity contribution is 7.71. The van der Waals surface area contributed by atoms with Crippen molar-refractivity contribution in [3.63, 3.8) is 0 Å². The minimum atomic E-state index is 0.899. The zero-order valence-corrected chi connectivity index (χ0v) is 10.8. The van der Waals surface area contributed by atoms with Gasteiger partial charge >= 0.3 is 0 Å². The normalized spacial score (nSPS) is 17.6. The lowest BCUT2D eigenvalue weighted by Gasteiger charge is -2.27. The molecule has 0 aliphatic carbocycles. The maximum absolute atomic E-state index is 5.40. The van der Waals surface area contributed by atoms with Crippen LogP contribution in [0.15, 0.2) is 6.07 Å². The van der Waals surface area contributed by atoms with Crippen molar-refractivity contribution in [1.82, 2.24) is 15.2 Å². The molecule has 1 aromatic rings. The highest BCUT2D eigenvalue weighted by atomic mass is 32.1. The maximum atomic E-state index is 5.40. The fourth-order valence-electron chi connectivity index (χ4n) is 2.17. The Balaban J connectivity index is 2.17. The van der Waals surface area contributed by atoms with Crippen LogP contribution in [-0.4, -0.2) is 36.1 Å². The zero-order valence-electron chi connectivity index (χ0n) is 9.97. The Morgan fingerprint density at radius 1 is 1.31 bits per heavy atom. The number of rotatable bonds is 2. The highest BCUT2D eigenvalue weighted by Crippen LogP contribution is 2.13. The molecule has 2 heterocycles. The van der Waals surface area contributed by atoms with Crippen LogP contribution in [-0.2, 0) is 6.54 Å². The Hall–Kier alpha value is -0.710. The molecule has 1 fully saturated rings. The molecule has 0 amide bonds. The first-order valence-corrected chi connectivity index (χ1v) is 6.20. The third kappa shape index (κ3) is 2.70. The topological polar surface area (TPSA) is 31.1 Å². The van der Waals surface area contributed by atoms with Crippen molar-refractivity contribution in [1.29, 1.82) is 0 Å². The van der Waals surface area contributed by atoms with E-state index in [0.717, 1.165) is 43.1 Å². The van der Waals surface area contributed by atoms with Gasteiger partial charge in [0.25, 0.3) is 0 Å². The summed E-state index contributed by atoms with van der Waals surface area (Å²) in [5.41, 5.74) is 3.73. The minimum absolute atomic E-state index is 0.899. The number of nitrogens with one attached hydrogen (secondary N) is 2. The van der Waals surface area contributed by atoms with E-state index < -0.39 is 0 Å². The Morgan fingerprint density at radius 3 is 2.62 bits per heavy atom. The van der Waals surface area contributed by atoms with Gasteiger partial charge in [0.05, 0.1) is 0 Å². The van der Waals surface area contributed by atoms with Gasteiger partial charge in [0.1, 0.15) is 4.64 Å². The van der Waals surface area contributed by atoms with E-state index in [2.05, 4.69) is 35.1 Å². The molecule has 0 atom stereocenters. The Kier molecular flexibility index (Phi) is 3.74. The van der Waals surface area contributed by atoms with E-state index >= 15 is 0 Å². The molecule has 2 rings (SSSR count). The van der Waals surface area contributed by atoms with Crippen LogP contribution in [0.3, 0.4) is 0 Å². The van der Waals surface area contributed by atoms with E-state index in [1.807, 2.05) is 0 Å². The van der Waals surface area contributed by atoms with Crippen molar-refractivity contribution in [2.24, 2.45) is 0 Å². The predicted molar refractivity (Wildman–Crippen MR) is 69.2 cm³/mol. The molecule has 0 aromatic carbocycles. The molecule has 1 aliphatic rings. The number of hydrogen-bond acceptors (Lipinski definition) is 3. The molecule has 0 unspecified atom stereocenters. The zero-order chi connectivity index (χ0) is 11.5. The van der Waals surface area contributed by atoms with Crippen molar-refractivity contribution in [3.8, 4) is 0 Å². The molecular formula is C12H19N3S. The van der Waals surface area contributed by atoms with Crippen molar-refractivity contribution in [2.45, 2.75) is 20.4 Å². The molecule has 0 saturated carbocycles. The van der Waals surface area contributed by atoms with Crippen LogP contribution in [0.25, 0.3) is 0 Å². The summed E-state index contributed by atoms with van der Waals surface area (Å²) in [5, 5.41) is 3.36. The lowest BCUT2D eigenvalue weighted by molar-refractivity contribution is 0.232. The maximum Gasteiger partial charge on any atom is 0.108 e. The van der Waals surface area contributed by atoms with E-state index in [1.54, 1.807) is 0 Å². The molecule has 1 aromatic heterocycles. The van der Waals surface area contributed by atoms with Crippen molar-refractivity contribution in [2.75, 3.05) is 26.2 Å². The van der Waals surface area contributed by atoms with Gasteiger partial charge in [-0.2, -0.15) is 0 Å². The number of H-pyrrole nitrogens is 1. The summed E-state index contributed by atoms with van der Waals surface area (Å²) in [7, 11) is 0. The Labute approximate surface area is 102 Å². The summed E-state index contributed by atoms with van der Waals surface area (Å²) < 4.78 is 0.899. The van der Waals surface area contributed by atoms with E-state index in [1.165, 1.54) is 11.1 Å². The van der Waals surface area contributed by atoms with Crippen LogP contribution in [0.5, 0.6) is 0 Å². The fourth-order valence-corrected chi connectivity index (χ4v) is 2.56. The van der Waals surface area contributed by atoms with Gasteiger partial charge in [0.15, 0.2) is 0 Å². The second-order valence-corrected chi connectivity index (χ2v) is 4.88. The molecule has 3 nitrogen and oxygen atoms in total. The van der Waals surface area contributed by atoms with E-state index in [-0.39, 0.29) is 0 Å². The lowest BCUT2D eigenvalue weighted by Crippen LogP contribution is -2.43. The summed E-state index contributed by atoms with van der Waals surface area (Å²) in [4.78, 5) is 5.70. The van der Waals surface area contributed by atoms with Crippen molar-refractivity contribution in [3.05, 3.63) is 27.5 Å². The number of aromatic nitrogens is 1. The largest absolute Gasteiger partial charge is 0.350 e. The van der Waals surface area contributed by atoms with Gasteiger partial charge in [0.2, 0.25) is 0 Å². The summed E-state index contributed by atoms with van der Waals surface area (Å²) >= 11 is 5.40. The molecule has 1 saturated heterocycles. The van der Waals surface area contributed by atoms with Crippen LogP contribution in [0, 0.1) is 18.5 Å². The van der Waals surface area contributed by atoms with Crippen LogP contribution < -0.4 is 5.32 Å². The van der Waals surface area contributed by atoms with Crippen LogP contribution in [0.1, 0.15) is 16.8 Å². The minimum Gasteiger partial charge on any atom is -0.350 e. The Bertz CT molecular complexity index is 419. The molecule has 88 valence electrons. The number of hydrogen-bond donors (Lipinski definition) is 2. The molecule has 1 aliphatic heterocycles. The van der Waals surface area contributed by atoms with Gasteiger partial charge in [0, 0.05) is 44.0 Å². The highest BCUT2D eigenvalue weighted by Gasteiger charge is 2.12. The SMILES string of the molecule is Cc1cc(C)c(CN2CCNCC2)c(=S)[nH]1. The molecular weight excluding hydrogens is 218 g/mol. The summed E-state index contributed by atoms with van der Waals surface area (Å²) in [6.07, 6.45) is 0. The van der Waals surface area contributed by atoms with Crippen LogP contribution in [0.4, 0.5) is 0 Å². The second kappa shape index (κ2) is 5.08. The molecule has 4 heteroatoms. The summed E-state index contributed by atoms with van der Waals surface area (Å²) in [6.45, 7) is 9.57.